The zero-order valence-corrected chi connectivity index (χ0v) is 7.97. The van der Waals surface area contributed by atoms with Crippen molar-refractivity contribution in [1.29, 1.82) is 0 Å². The number of rotatable bonds is 3. The van der Waals surface area contributed by atoms with Crippen molar-refractivity contribution in [3.63, 3.8) is 0 Å². The van der Waals surface area contributed by atoms with Gasteiger partial charge >= 0.3 is 6.61 Å². The third-order valence-electron chi connectivity index (χ3n) is 1.45. The van der Waals surface area contributed by atoms with E-state index in [1.165, 1.54) is 0 Å². The molecular weight excluding hydrogens is 235 g/mol. The molecule has 0 bridgehead atoms. The lowest BCUT2D eigenvalue weighted by atomic mass is 10.3. The standard InChI is InChI=1S/C7H6F3NO3S/c8-6-4(14-7(9)10)2-1-3-5(6)15(11,12)13/h1-3,7H,(H2,11,12,13). The maximum absolute atomic E-state index is 13.2. The van der Waals surface area contributed by atoms with E-state index < -0.39 is 33.1 Å². The Morgan fingerprint density at radius 1 is 1.33 bits per heavy atom. The average molecular weight is 241 g/mol. The average Bonchev–Trinajstić information content (AvgIpc) is 2.05. The van der Waals surface area contributed by atoms with Gasteiger partial charge < -0.3 is 4.74 Å². The van der Waals surface area contributed by atoms with Crippen molar-refractivity contribution in [3.05, 3.63) is 24.0 Å². The molecule has 0 unspecified atom stereocenters. The van der Waals surface area contributed by atoms with Gasteiger partial charge in [-0.1, -0.05) is 6.07 Å². The molecule has 15 heavy (non-hydrogen) atoms. The Labute approximate surface area is 83.5 Å². The Morgan fingerprint density at radius 2 is 1.93 bits per heavy atom. The van der Waals surface area contributed by atoms with Crippen molar-refractivity contribution >= 4 is 10.0 Å². The molecule has 0 spiro atoms. The molecule has 0 saturated carbocycles. The molecule has 0 aliphatic rings. The second-order valence-corrected chi connectivity index (χ2v) is 4.02. The van der Waals surface area contributed by atoms with Crippen LogP contribution in [0.5, 0.6) is 5.75 Å². The number of primary sulfonamides is 1. The van der Waals surface area contributed by atoms with Gasteiger partial charge in [0.05, 0.1) is 0 Å². The van der Waals surface area contributed by atoms with Gasteiger partial charge in [0.15, 0.2) is 11.6 Å². The summed E-state index contributed by atoms with van der Waals surface area (Å²) in [6.45, 7) is -3.24. The molecule has 1 aromatic rings. The highest BCUT2D eigenvalue weighted by Gasteiger charge is 2.19. The van der Waals surface area contributed by atoms with E-state index in [4.69, 9.17) is 0 Å². The third-order valence-corrected chi connectivity index (χ3v) is 2.38. The van der Waals surface area contributed by atoms with E-state index in [9.17, 15) is 21.6 Å². The fourth-order valence-electron chi connectivity index (χ4n) is 0.897. The van der Waals surface area contributed by atoms with Crippen LogP contribution in [0.2, 0.25) is 0 Å². The summed E-state index contributed by atoms with van der Waals surface area (Å²) in [5, 5.41) is 4.65. The summed E-state index contributed by atoms with van der Waals surface area (Å²) >= 11 is 0. The maximum atomic E-state index is 13.2. The van der Waals surface area contributed by atoms with E-state index >= 15 is 0 Å². The molecule has 0 radical (unpaired) electrons. The predicted molar refractivity (Wildman–Crippen MR) is 44.4 cm³/mol. The van der Waals surface area contributed by atoms with Crippen molar-refractivity contribution in [2.75, 3.05) is 0 Å². The lowest BCUT2D eigenvalue weighted by Gasteiger charge is -2.07. The number of ether oxygens (including phenoxy) is 1. The molecule has 0 saturated heterocycles. The molecule has 0 heterocycles. The molecule has 1 rings (SSSR count). The minimum absolute atomic E-state index is 0.850. The molecular formula is C7H6F3NO3S. The van der Waals surface area contributed by atoms with Crippen molar-refractivity contribution in [3.8, 4) is 5.75 Å². The van der Waals surface area contributed by atoms with Crippen molar-refractivity contribution in [2.45, 2.75) is 11.5 Å². The highest BCUT2D eigenvalue weighted by molar-refractivity contribution is 7.89. The van der Waals surface area contributed by atoms with Crippen LogP contribution < -0.4 is 9.88 Å². The van der Waals surface area contributed by atoms with Crippen molar-refractivity contribution in [1.82, 2.24) is 0 Å². The van der Waals surface area contributed by atoms with E-state index in [0.717, 1.165) is 18.2 Å². The molecule has 0 amide bonds. The van der Waals surface area contributed by atoms with Crippen LogP contribution in [-0.4, -0.2) is 15.0 Å². The van der Waals surface area contributed by atoms with Crippen LogP contribution in [0.25, 0.3) is 0 Å². The number of nitrogens with two attached hydrogens (primary N) is 1. The molecule has 1 aromatic carbocycles. The van der Waals surface area contributed by atoms with Crippen LogP contribution in [0, 0.1) is 5.82 Å². The molecule has 0 fully saturated rings. The number of alkyl halides is 2. The van der Waals surface area contributed by atoms with Gasteiger partial charge in [0.1, 0.15) is 4.90 Å². The van der Waals surface area contributed by atoms with E-state index in [0.29, 0.717) is 0 Å². The highest BCUT2D eigenvalue weighted by Crippen LogP contribution is 2.24. The van der Waals surface area contributed by atoms with Gasteiger partial charge in [0.2, 0.25) is 10.0 Å². The maximum Gasteiger partial charge on any atom is 0.387 e. The molecule has 0 atom stereocenters. The Kier molecular flexibility index (Phi) is 3.20. The van der Waals surface area contributed by atoms with E-state index in [1.54, 1.807) is 0 Å². The number of hydrogen-bond acceptors (Lipinski definition) is 3. The first-order valence-electron chi connectivity index (χ1n) is 3.58. The van der Waals surface area contributed by atoms with E-state index in [2.05, 4.69) is 9.88 Å². The Morgan fingerprint density at radius 3 is 2.40 bits per heavy atom. The van der Waals surface area contributed by atoms with Crippen LogP contribution in [0.15, 0.2) is 23.1 Å². The molecule has 2 N–H and O–H groups in total. The molecule has 8 heteroatoms. The summed E-state index contributed by atoms with van der Waals surface area (Å²) < 4.78 is 62.1. The Balaban J connectivity index is 3.24. The topological polar surface area (TPSA) is 69.4 Å². The van der Waals surface area contributed by atoms with Crippen LogP contribution >= 0.6 is 0 Å². The molecule has 84 valence electrons. The minimum Gasteiger partial charge on any atom is -0.432 e. The third kappa shape index (κ3) is 2.83. The molecule has 0 aromatic heterocycles. The summed E-state index contributed by atoms with van der Waals surface area (Å²) in [4.78, 5) is -0.888. The van der Waals surface area contributed by atoms with Crippen LogP contribution in [-0.2, 0) is 10.0 Å². The normalized spacial score (nSPS) is 11.8. The lowest BCUT2D eigenvalue weighted by molar-refractivity contribution is -0.0525. The van der Waals surface area contributed by atoms with Crippen LogP contribution in [0.1, 0.15) is 0 Å². The molecule has 0 aliphatic heterocycles. The predicted octanol–water partition coefficient (Wildman–Crippen LogP) is 1.07. The number of halogens is 3. The van der Waals surface area contributed by atoms with Gasteiger partial charge in [-0.25, -0.2) is 17.9 Å². The van der Waals surface area contributed by atoms with Crippen molar-refractivity contribution in [2.24, 2.45) is 5.14 Å². The van der Waals surface area contributed by atoms with Gasteiger partial charge in [-0.15, -0.1) is 0 Å². The van der Waals surface area contributed by atoms with Crippen LogP contribution in [0.3, 0.4) is 0 Å². The van der Waals surface area contributed by atoms with E-state index in [1.807, 2.05) is 0 Å². The number of benzene rings is 1. The second kappa shape index (κ2) is 4.07. The molecule has 4 nitrogen and oxygen atoms in total. The second-order valence-electron chi connectivity index (χ2n) is 2.49. The van der Waals surface area contributed by atoms with Gasteiger partial charge in [-0.3, -0.25) is 0 Å². The minimum atomic E-state index is -4.29. The van der Waals surface area contributed by atoms with Crippen molar-refractivity contribution < 1.29 is 26.3 Å². The quantitative estimate of drug-likeness (QED) is 0.860. The lowest BCUT2D eigenvalue weighted by Crippen LogP contribution is -2.15. The molecule has 0 aliphatic carbocycles. The van der Waals surface area contributed by atoms with Gasteiger partial charge in [-0.2, -0.15) is 8.78 Å². The Hall–Kier alpha value is -1.28. The fourth-order valence-corrected chi connectivity index (χ4v) is 1.52. The van der Waals surface area contributed by atoms with Gasteiger partial charge in [-0.05, 0) is 12.1 Å². The smallest absolute Gasteiger partial charge is 0.387 e. The fraction of sp³-hybridized carbons (Fsp3) is 0.143. The zero-order chi connectivity index (χ0) is 11.6. The van der Waals surface area contributed by atoms with Gasteiger partial charge in [0, 0.05) is 0 Å². The van der Waals surface area contributed by atoms with Crippen LogP contribution in [0.4, 0.5) is 13.2 Å². The summed E-state index contributed by atoms with van der Waals surface area (Å²) in [6.07, 6.45) is 0. The largest absolute Gasteiger partial charge is 0.432 e. The summed E-state index contributed by atoms with van der Waals surface area (Å²) in [7, 11) is -4.29. The summed E-state index contributed by atoms with van der Waals surface area (Å²) in [6, 6.07) is 2.76. The number of sulfonamides is 1. The highest BCUT2D eigenvalue weighted by atomic mass is 32.2. The Bertz CT molecular complexity index is 461. The first-order chi connectivity index (χ1) is 6.82. The first-order valence-corrected chi connectivity index (χ1v) is 5.13. The number of hydrogen-bond donors (Lipinski definition) is 1. The summed E-state index contributed by atoms with van der Waals surface area (Å²) in [5.74, 6) is -2.29. The first kappa shape index (κ1) is 11.8. The van der Waals surface area contributed by atoms with E-state index in [-0.39, 0.29) is 0 Å². The SMILES string of the molecule is NS(=O)(=O)c1cccc(OC(F)F)c1F. The monoisotopic (exact) mass is 241 g/mol. The van der Waals surface area contributed by atoms with Gasteiger partial charge in [0.25, 0.3) is 0 Å². The zero-order valence-electron chi connectivity index (χ0n) is 7.15. The summed E-state index contributed by atoms with van der Waals surface area (Å²) in [5.41, 5.74) is 0.